The van der Waals surface area contributed by atoms with Gasteiger partial charge in [-0.1, -0.05) is 49.0 Å². The van der Waals surface area contributed by atoms with Gasteiger partial charge in [-0.3, -0.25) is 4.79 Å². The molecular weight excluding hydrogens is 410 g/mol. The first-order chi connectivity index (χ1) is 15.2. The summed E-state index contributed by atoms with van der Waals surface area (Å²) >= 11 is 1.24. The molecule has 1 saturated heterocycles. The van der Waals surface area contributed by atoms with Gasteiger partial charge < -0.3 is 14.6 Å². The molecule has 3 aromatic rings. The van der Waals surface area contributed by atoms with Gasteiger partial charge in [0.1, 0.15) is 5.82 Å². The number of rotatable bonds is 8. The molecule has 8 heteroatoms. The lowest BCUT2D eigenvalue weighted by Crippen LogP contribution is -2.30. The molecule has 31 heavy (non-hydrogen) atoms. The Balaban J connectivity index is 1.23. The average Bonchev–Trinajstić information content (AvgIpc) is 3.26. The molecule has 4 rings (SSSR count). The van der Waals surface area contributed by atoms with Crippen molar-refractivity contribution in [2.75, 3.05) is 29.1 Å². The number of carbonyl (C=O) groups excluding carboxylic acids is 1. The number of benzene rings is 1. The van der Waals surface area contributed by atoms with Gasteiger partial charge in [-0.25, -0.2) is 4.98 Å². The van der Waals surface area contributed by atoms with Gasteiger partial charge in [0.15, 0.2) is 0 Å². The molecule has 1 unspecified atom stereocenters. The highest BCUT2D eigenvalue weighted by Crippen LogP contribution is 2.23. The van der Waals surface area contributed by atoms with Crippen LogP contribution in [0.5, 0.6) is 0 Å². The maximum atomic E-state index is 12.3. The minimum Gasteiger partial charge on any atom is -0.416 e. The normalized spacial score (nSPS) is 14.9. The highest BCUT2D eigenvalue weighted by atomic mass is 32.2. The molecule has 1 aliphatic heterocycles. The fourth-order valence-corrected chi connectivity index (χ4v) is 4.22. The SMILES string of the molecule is CC(Cc1nnc(SCC(=O)Nc2ccc(N3CCCCC3)nc2)o1)c1ccccc1. The summed E-state index contributed by atoms with van der Waals surface area (Å²) in [6.45, 7) is 4.22. The van der Waals surface area contributed by atoms with E-state index in [1.165, 1.54) is 36.6 Å². The lowest BCUT2D eigenvalue weighted by Gasteiger charge is -2.27. The van der Waals surface area contributed by atoms with E-state index in [1.807, 2.05) is 30.3 Å². The third-order valence-corrected chi connectivity index (χ3v) is 6.15. The van der Waals surface area contributed by atoms with Crippen LogP contribution in [0.2, 0.25) is 0 Å². The molecule has 0 saturated carbocycles. The molecule has 0 radical (unpaired) electrons. The standard InChI is InChI=1S/C23H27N5O2S/c1-17(18-8-4-2-5-9-18)14-22-26-27-23(30-22)31-16-21(29)25-19-10-11-20(24-15-19)28-12-6-3-7-13-28/h2,4-5,8-11,15,17H,3,6-7,12-14,16H2,1H3,(H,25,29). The van der Waals surface area contributed by atoms with E-state index in [4.69, 9.17) is 4.42 Å². The summed E-state index contributed by atoms with van der Waals surface area (Å²) < 4.78 is 5.70. The van der Waals surface area contributed by atoms with Gasteiger partial charge in [0.05, 0.1) is 17.6 Å². The Bertz CT molecular complexity index is 971. The van der Waals surface area contributed by atoms with Gasteiger partial charge in [0, 0.05) is 19.5 Å². The van der Waals surface area contributed by atoms with E-state index in [-0.39, 0.29) is 17.6 Å². The summed E-state index contributed by atoms with van der Waals surface area (Å²) in [6.07, 6.45) is 6.08. The number of anilines is 2. The number of amides is 1. The van der Waals surface area contributed by atoms with Crippen molar-refractivity contribution in [2.45, 2.75) is 43.7 Å². The highest BCUT2D eigenvalue weighted by Gasteiger charge is 2.15. The quantitative estimate of drug-likeness (QED) is 0.518. The molecule has 1 aromatic carbocycles. The Kier molecular flexibility index (Phi) is 7.19. The monoisotopic (exact) mass is 437 g/mol. The van der Waals surface area contributed by atoms with E-state index in [0.717, 1.165) is 18.9 Å². The second kappa shape index (κ2) is 10.4. The highest BCUT2D eigenvalue weighted by molar-refractivity contribution is 7.99. The van der Waals surface area contributed by atoms with Crippen LogP contribution in [0.15, 0.2) is 58.3 Å². The minimum absolute atomic E-state index is 0.130. The predicted molar refractivity (Wildman–Crippen MR) is 123 cm³/mol. The smallest absolute Gasteiger partial charge is 0.277 e. The van der Waals surface area contributed by atoms with Crippen molar-refractivity contribution in [1.82, 2.24) is 15.2 Å². The lowest BCUT2D eigenvalue weighted by molar-refractivity contribution is -0.113. The van der Waals surface area contributed by atoms with Gasteiger partial charge in [-0.2, -0.15) is 0 Å². The lowest BCUT2D eigenvalue weighted by atomic mass is 9.98. The van der Waals surface area contributed by atoms with Gasteiger partial charge in [-0.15, -0.1) is 10.2 Å². The van der Waals surface area contributed by atoms with Crippen molar-refractivity contribution >= 4 is 29.2 Å². The molecule has 3 heterocycles. The fraction of sp³-hybridized carbons (Fsp3) is 0.391. The van der Waals surface area contributed by atoms with Crippen LogP contribution in [0, 0.1) is 0 Å². The zero-order valence-corrected chi connectivity index (χ0v) is 18.5. The first-order valence-electron chi connectivity index (χ1n) is 10.7. The largest absolute Gasteiger partial charge is 0.416 e. The topological polar surface area (TPSA) is 84.2 Å². The minimum atomic E-state index is -0.130. The molecule has 162 valence electrons. The second-order valence-corrected chi connectivity index (χ2v) is 8.69. The van der Waals surface area contributed by atoms with Crippen molar-refractivity contribution < 1.29 is 9.21 Å². The molecule has 1 fully saturated rings. The van der Waals surface area contributed by atoms with Crippen LogP contribution in [0.3, 0.4) is 0 Å². The van der Waals surface area contributed by atoms with Crippen LogP contribution in [0.4, 0.5) is 11.5 Å². The molecule has 0 aliphatic carbocycles. The molecule has 1 aliphatic rings. The Morgan fingerprint density at radius 3 is 2.68 bits per heavy atom. The van der Waals surface area contributed by atoms with Crippen molar-refractivity contribution in [3.63, 3.8) is 0 Å². The van der Waals surface area contributed by atoms with E-state index in [0.29, 0.717) is 23.2 Å². The maximum absolute atomic E-state index is 12.3. The third kappa shape index (κ3) is 6.07. The van der Waals surface area contributed by atoms with E-state index >= 15 is 0 Å². The Morgan fingerprint density at radius 2 is 1.94 bits per heavy atom. The van der Waals surface area contributed by atoms with E-state index < -0.39 is 0 Å². The zero-order chi connectivity index (χ0) is 21.5. The third-order valence-electron chi connectivity index (χ3n) is 5.34. The summed E-state index contributed by atoms with van der Waals surface area (Å²) in [5.74, 6) is 1.90. The summed E-state index contributed by atoms with van der Waals surface area (Å²) in [4.78, 5) is 19.1. The van der Waals surface area contributed by atoms with Crippen molar-refractivity contribution in [3.05, 3.63) is 60.1 Å². The predicted octanol–water partition coefficient (Wildman–Crippen LogP) is 4.53. The Labute approximate surface area is 186 Å². The zero-order valence-electron chi connectivity index (χ0n) is 17.7. The maximum Gasteiger partial charge on any atom is 0.277 e. The van der Waals surface area contributed by atoms with Gasteiger partial charge in [0.2, 0.25) is 11.8 Å². The first-order valence-corrected chi connectivity index (χ1v) is 11.7. The molecule has 2 aromatic heterocycles. The number of thioether (sulfide) groups is 1. The summed E-state index contributed by atoms with van der Waals surface area (Å²) in [6, 6.07) is 14.1. The van der Waals surface area contributed by atoms with Crippen LogP contribution in [-0.2, 0) is 11.2 Å². The molecule has 0 bridgehead atoms. The number of piperidine rings is 1. The molecule has 0 spiro atoms. The Hall–Kier alpha value is -2.87. The first kappa shape index (κ1) is 21.4. The summed E-state index contributed by atoms with van der Waals surface area (Å²) in [7, 11) is 0. The number of nitrogens with zero attached hydrogens (tertiary/aromatic N) is 4. The number of hydrogen-bond acceptors (Lipinski definition) is 7. The van der Waals surface area contributed by atoms with Crippen LogP contribution < -0.4 is 10.2 Å². The number of nitrogens with one attached hydrogen (secondary N) is 1. The van der Waals surface area contributed by atoms with Crippen LogP contribution >= 0.6 is 11.8 Å². The summed E-state index contributed by atoms with van der Waals surface area (Å²) in [5, 5.41) is 11.4. The van der Waals surface area contributed by atoms with Crippen LogP contribution in [-0.4, -0.2) is 39.9 Å². The van der Waals surface area contributed by atoms with Gasteiger partial charge in [-0.05, 0) is 42.9 Å². The van der Waals surface area contributed by atoms with Crippen LogP contribution in [0.25, 0.3) is 0 Å². The van der Waals surface area contributed by atoms with Crippen molar-refractivity contribution in [3.8, 4) is 0 Å². The number of carbonyl (C=O) groups is 1. The number of pyridine rings is 1. The molecular formula is C23H27N5O2S. The van der Waals surface area contributed by atoms with E-state index in [1.54, 1.807) is 6.20 Å². The molecule has 1 N–H and O–H groups in total. The molecule has 7 nitrogen and oxygen atoms in total. The average molecular weight is 438 g/mol. The van der Waals surface area contributed by atoms with Gasteiger partial charge in [0.25, 0.3) is 5.22 Å². The van der Waals surface area contributed by atoms with Crippen LogP contribution in [0.1, 0.15) is 43.6 Å². The van der Waals surface area contributed by atoms with E-state index in [2.05, 4.69) is 44.5 Å². The summed E-state index contributed by atoms with van der Waals surface area (Å²) in [5.41, 5.74) is 1.92. The van der Waals surface area contributed by atoms with Crippen molar-refractivity contribution in [1.29, 1.82) is 0 Å². The number of hydrogen-bond donors (Lipinski definition) is 1. The van der Waals surface area contributed by atoms with E-state index in [9.17, 15) is 4.79 Å². The van der Waals surface area contributed by atoms with Crippen molar-refractivity contribution in [2.24, 2.45) is 0 Å². The number of aromatic nitrogens is 3. The molecule has 1 amide bonds. The fourth-order valence-electron chi connectivity index (χ4n) is 3.63. The second-order valence-electron chi connectivity index (χ2n) is 7.77. The molecule has 1 atom stereocenters. The Morgan fingerprint density at radius 1 is 1.13 bits per heavy atom. The van der Waals surface area contributed by atoms with Gasteiger partial charge >= 0.3 is 0 Å².